The Balaban J connectivity index is 1.28. The molecule has 4 aromatic rings. The molecule has 0 saturated carbocycles. The summed E-state index contributed by atoms with van der Waals surface area (Å²) >= 11 is 5.35. The van der Waals surface area contributed by atoms with Crippen LogP contribution < -0.4 is 5.32 Å². The van der Waals surface area contributed by atoms with E-state index in [4.69, 9.17) is 12.2 Å². The van der Waals surface area contributed by atoms with Crippen molar-refractivity contribution in [3.63, 3.8) is 0 Å². The second-order valence-electron chi connectivity index (χ2n) is 7.34. The van der Waals surface area contributed by atoms with Crippen molar-refractivity contribution in [2.75, 3.05) is 6.54 Å². The first-order valence-corrected chi connectivity index (χ1v) is 10.6. The monoisotopic (exact) mass is 432 g/mol. The molecule has 0 radical (unpaired) electrons. The van der Waals surface area contributed by atoms with Crippen molar-refractivity contribution < 1.29 is 4.79 Å². The van der Waals surface area contributed by atoms with Gasteiger partial charge < -0.3 is 5.32 Å². The molecule has 8 heteroatoms. The van der Waals surface area contributed by atoms with E-state index < -0.39 is 0 Å². The second-order valence-corrected chi connectivity index (χ2v) is 7.72. The highest BCUT2D eigenvalue weighted by Gasteiger charge is 2.10. The molecule has 0 spiro atoms. The van der Waals surface area contributed by atoms with Crippen molar-refractivity contribution in [2.45, 2.75) is 26.3 Å². The van der Waals surface area contributed by atoms with Gasteiger partial charge >= 0.3 is 0 Å². The van der Waals surface area contributed by atoms with Crippen LogP contribution in [0.25, 0.3) is 17.1 Å². The lowest BCUT2D eigenvalue weighted by Gasteiger charge is -2.09. The predicted molar refractivity (Wildman–Crippen MR) is 122 cm³/mol. The number of benzene rings is 2. The number of rotatable bonds is 8. The fourth-order valence-electron chi connectivity index (χ4n) is 3.33. The molecule has 0 bridgehead atoms. The van der Waals surface area contributed by atoms with Gasteiger partial charge in [0.2, 0.25) is 5.91 Å². The third-order valence-electron chi connectivity index (χ3n) is 5.07. The van der Waals surface area contributed by atoms with Crippen molar-refractivity contribution >= 4 is 18.1 Å². The Morgan fingerprint density at radius 2 is 1.90 bits per heavy atom. The number of carbonyl (C=O) groups excluding carboxylic acids is 1. The molecule has 0 aliphatic heterocycles. The summed E-state index contributed by atoms with van der Waals surface area (Å²) in [6.45, 7) is 3.10. The molecule has 1 amide bonds. The van der Waals surface area contributed by atoms with E-state index in [1.165, 1.54) is 5.56 Å². The third-order valence-corrected chi connectivity index (χ3v) is 5.38. The number of nitrogens with one attached hydrogen (secondary N) is 2. The van der Waals surface area contributed by atoms with Crippen molar-refractivity contribution in [2.24, 2.45) is 0 Å². The van der Waals surface area contributed by atoms with Gasteiger partial charge in [-0.05, 0) is 49.3 Å². The van der Waals surface area contributed by atoms with Gasteiger partial charge in [-0.2, -0.15) is 10.2 Å². The molecule has 0 aliphatic rings. The molecule has 4 rings (SSSR count). The van der Waals surface area contributed by atoms with E-state index in [9.17, 15) is 4.79 Å². The molecule has 0 unspecified atom stereocenters. The van der Waals surface area contributed by atoms with Gasteiger partial charge in [0.1, 0.15) is 0 Å². The largest absolute Gasteiger partial charge is 0.356 e. The Morgan fingerprint density at radius 3 is 2.61 bits per heavy atom. The SMILES string of the molecule is Cc1ccc(-c2n[nH]c(=S)n2CCC(=O)NCCc2ccc(-n3cccn3)cc2)cc1. The molecule has 0 fully saturated rings. The summed E-state index contributed by atoms with van der Waals surface area (Å²) in [4.78, 5) is 12.3. The van der Waals surface area contributed by atoms with Gasteiger partial charge in [0.25, 0.3) is 0 Å². The maximum atomic E-state index is 12.3. The number of carbonyl (C=O) groups is 1. The lowest BCUT2D eigenvalue weighted by Crippen LogP contribution is -2.26. The van der Waals surface area contributed by atoms with Crippen LogP contribution in [0.5, 0.6) is 0 Å². The predicted octanol–water partition coefficient (Wildman–Crippen LogP) is 3.85. The zero-order valence-corrected chi connectivity index (χ0v) is 18.1. The Kier molecular flexibility index (Phi) is 6.37. The van der Waals surface area contributed by atoms with Crippen LogP contribution in [0, 0.1) is 11.7 Å². The maximum absolute atomic E-state index is 12.3. The van der Waals surface area contributed by atoms with Crippen LogP contribution >= 0.6 is 12.2 Å². The average Bonchev–Trinajstić information content (AvgIpc) is 3.44. The molecule has 0 atom stereocenters. The minimum absolute atomic E-state index is 0.00822. The number of H-pyrrole nitrogens is 1. The zero-order chi connectivity index (χ0) is 21.6. The summed E-state index contributed by atoms with van der Waals surface area (Å²) < 4.78 is 4.20. The highest BCUT2D eigenvalue weighted by Crippen LogP contribution is 2.18. The molecule has 2 N–H and O–H groups in total. The summed E-state index contributed by atoms with van der Waals surface area (Å²) in [5.41, 5.74) is 4.32. The highest BCUT2D eigenvalue weighted by molar-refractivity contribution is 7.71. The molecule has 158 valence electrons. The quantitative estimate of drug-likeness (QED) is 0.415. The summed E-state index contributed by atoms with van der Waals surface area (Å²) in [7, 11) is 0. The van der Waals surface area contributed by atoms with E-state index in [0.29, 0.717) is 24.3 Å². The molecule has 2 aromatic carbocycles. The topological polar surface area (TPSA) is 80.5 Å². The molecule has 2 heterocycles. The first-order chi connectivity index (χ1) is 15.1. The van der Waals surface area contributed by atoms with Gasteiger partial charge in [-0.1, -0.05) is 42.0 Å². The molecular weight excluding hydrogens is 408 g/mol. The minimum Gasteiger partial charge on any atom is -0.356 e. The average molecular weight is 433 g/mol. The summed E-state index contributed by atoms with van der Waals surface area (Å²) in [6, 6.07) is 18.1. The van der Waals surface area contributed by atoms with E-state index in [1.807, 2.05) is 64.8 Å². The van der Waals surface area contributed by atoms with Gasteiger partial charge in [0.15, 0.2) is 10.6 Å². The number of aryl methyl sites for hydroxylation is 1. The number of hydrogen-bond acceptors (Lipinski definition) is 4. The number of hydrogen-bond donors (Lipinski definition) is 2. The smallest absolute Gasteiger partial charge is 0.221 e. The van der Waals surface area contributed by atoms with Crippen LogP contribution in [-0.4, -0.2) is 37.0 Å². The normalized spacial score (nSPS) is 10.9. The standard InChI is InChI=1S/C23H24N6OS/c1-17-3-7-19(8-4-17)22-26-27-23(31)28(22)16-12-21(30)24-14-11-18-5-9-20(10-6-18)29-15-2-13-25-29/h2-10,13,15H,11-12,14,16H2,1H3,(H,24,30)(H,27,31). The van der Waals surface area contributed by atoms with Crippen molar-refractivity contribution in [1.82, 2.24) is 29.9 Å². The number of aromatic amines is 1. The van der Waals surface area contributed by atoms with Gasteiger partial charge in [0.05, 0.1) is 5.69 Å². The van der Waals surface area contributed by atoms with Gasteiger partial charge in [-0.15, -0.1) is 0 Å². The highest BCUT2D eigenvalue weighted by atomic mass is 32.1. The lowest BCUT2D eigenvalue weighted by molar-refractivity contribution is -0.121. The molecular formula is C23H24N6OS. The Bertz CT molecular complexity index is 1190. The fourth-order valence-corrected chi connectivity index (χ4v) is 3.56. The lowest BCUT2D eigenvalue weighted by atomic mass is 10.1. The molecule has 0 saturated heterocycles. The van der Waals surface area contributed by atoms with E-state index in [2.05, 4.69) is 32.7 Å². The minimum atomic E-state index is -0.00822. The molecule has 2 aromatic heterocycles. The number of amides is 1. The van der Waals surface area contributed by atoms with Crippen LogP contribution in [0.2, 0.25) is 0 Å². The van der Waals surface area contributed by atoms with Crippen LogP contribution in [0.4, 0.5) is 0 Å². The van der Waals surface area contributed by atoms with Crippen LogP contribution in [0.15, 0.2) is 67.0 Å². The van der Waals surface area contributed by atoms with Crippen LogP contribution in [-0.2, 0) is 17.8 Å². The number of nitrogens with zero attached hydrogens (tertiary/aromatic N) is 4. The Hall–Kier alpha value is -3.52. The van der Waals surface area contributed by atoms with Gasteiger partial charge in [0, 0.05) is 37.5 Å². The van der Waals surface area contributed by atoms with Crippen molar-refractivity contribution in [3.05, 3.63) is 82.9 Å². The molecule has 31 heavy (non-hydrogen) atoms. The number of aromatic nitrogens is 5. The van der Waals surface area contributed by atoms with E-state index in [-0.39, 0.29) is 5.91 Å². The van der Waals surface area contributed by atoms with E-state index >= 15 is 0 Å². The van der Waals surface area contributed by atoms with Gasteiger partial charge in [-0.3, -0.25) is 14.5 Å². The summed E-state index contributed by atoms with van der Waals surface area (Å²) in [5.74, 6) is 0.737. The molecule has 7 nitrogen and oxygen atoms in total. The van der Waals surface area contributed by atoms with E-state index in [1.54, 1.807) is 6.20 Å². The van der Waals surface area contributed by atoms with E-state index in [0.717, 1.165) is 29.1 Å². The van der Waals surface area contributed by atoms with Crippen LogP contribution in [0.3, 0.4) is 0 Å². The van der Waals surface area contributed by atoms with Crippen molar-refractivity contribution in [1.29, 1.82) is 0 Å². The second kappa shape index (κ2) is 9.53. The first-order valence-electron chi connectivity index (χ1n) is 10.2. The van der Waals surface area contributed by atoms with Crippen molar-refractivity contribution in [3.8, 4) is 17.1 Å². The Morgan fingerprint density at radius 1 is 1.13 bits per heavy atom. The summed E-state index contributed by atoms with van der Waals surface area (Å²) in [5, 5.41) is 14.4. The first kappa shape index (κ1) is 20.7. The summed E-state index contributed by atoms with van der Waals surface area (Å²) in [6.07, 6.45) is 4.77. The fraction of sp³-hybridized carbons (Fsp3) is 0.217. The van der Waals surface area contributed by atoms with Gasteiger partial charge in [-0.25, -0.2) is 4.68 Å². The maximum Gasteiger partial charge on any atom is 0.221 e. The molecule has 0 aliphatic carbocycles. The Labute approximate surface area is 185 Å². The third kappa shape index (κ3) is 5.16. The zero-order valence-electron chi connectivity index (χ0n) is 17.3. The van der Waals surface area contributed by atoms with Crippen LogP contribution in [0.1, 0.15) is 17.5 Å².